The summed E-state index contributed by atoms with van der Waals surface area (Å²) in [4.78, 5) is 22.9. The van der Waals surface area contributed by atoms with Crippen molar-refractivity contribution in [2.75, 3.05) is 13.7 Å². The van der Waals surface area contributed by atoms with Crippen molar-refractivity contribution < 1.29 is 19.1 Å². The van der Waals surface area contributed by atoms with E-state index < -0.39 is 11.9 Å². The summed E-state index contributed by atoms with van der Waals surface area (Å²) in [5.41, 5.74) is 0.710. The number of carbonyl (C=O) groups excluding carboxylic acids is 2. The first-order valence-corrected chi connectivity index (χ1v) is 5.54. The van der Waals surface area contributed by atoms with Crippen molar-refractivity contribution >= 4 is 11.9 Å². The monoisotopic (exact) mass is 236 g/mol. The number of unbranched alkanes of at least 4 members (excludes halogenated alkanes) is 1. The van der Waals surface area contributed by atoms with Crippen LogP contribution in [0.25, 0.3) is 0 Å². The minimum atomic E-state index is -0.465. The highest BCUT2D eigenvalue weighted by molar-refractivity contribution is 5.95. The van der Waals surface area contributed by atoms with E-state index in [1.165, 1.54) is 13.2 Å². The normalized spacial score (nSPS) is 9.76. The van der Waals surface area contributed by atoms with Gasteiger partial charge in [0.15, 0.2) is 0 Å². The zero-order chi connectivity index (χ0) is 12.7. The van der Waals surface area contributed by atoms with Crippen molar-refractivity contribution in [2.45, 2.75) is 19.8 Å². The minimum Gasteiger partial charge on any atom is -0.465 e. The molecule has 0 N–H and O–H groups in total. The topological polar surface area (TPSA) is 52.6 Å². The van der Waals surface area contributed by atoms with Crippen molar-refractivity contribution in [3.05, 3.63) is 35.4 Å². The van der Waals surface area contributed by atoms with Gasteiger partial charge in [-0.3, -0.25) is 0 Å². The molecule has 0 radical (unpaired) electrons. The average Bonchev–Trinajstić information content (AvgIpc) is 2.38. The summed E-state index contributed by atoms with van der Waals surface area (Å²) in [6.07, 6.45) is 1.80. The van der Waals surface area contributed by atoms with E-state index in [1.54, 1.807) is 18.2 Å². The van der Waals surface area contributed by atoms with Gasteiger partial charge < -0.3 is 9.47 Å². The summed E-state index contributed by atoms with van der Waals surface area (Å²) < 4.78 is 9.62. The zero-order valence-electron chi connectivity index (χ0n) is 10.1. The van der Waals surface area contributed by atoms with Gasteiger partial charge in [-0.1, -0.05) is 19.4 Å². The molecule has 17 heavy (non-hydrogen) atoms. The highest BCUT2D eigenvalue weighted by atomic mass is 16.5. The van der Waals surface area contributed by atoms with E-state index in [9.17, 15) is 9.59 Å². The van der Waals surface area contributed by atoms with Crippen LogP contribution in [0.2, 0.25) is 0 Å². The maximum Gasteiger partial charge on any atom is 0.338 e. The molecule has 0 bridgehead atoms. The Hall–Kier alpha value is -1.84. The smallest absolute Gasteiger partial charge is 0.338 e. The lowest BCUT2D eigenvalue weighted by molar-refractivity contribution is 0.0499. The molecule has 1 rings (SSSR count). The van der Waals surface area contributed by atoms with Gasteiger partial charge in [-0.25, -0.2) is 9.59 Å². The number of esters is 2. The number of rotatable bonds is 5. The Bertz CT molecular complexity index is 398. The lowest BCUT2D eigenvalue weighted by atomic mass is 10.1. The van der Waals surface area contributed by atoms with E-state index in [0.717, 1.165) is 12.8 Å². The molecule has 0 aliphatic rings. The first-order valence-electron chi connectivity index (χ1n) is 5.54. The van der Waals surface area contributed by atoms with Gasteiger partial charge in [0.25, 0.3) is 0 Å². The molecular formula is C13H16O4. The van der Waals surface area contributed by atoms with Crippen LogP contribution in [0.5, 0.6) is 0 Å². The van der Waals surface area contributed by atoms with Crippen LogP contribution >= 0.6 is 0 Å². The Labute approximate surface area is 101 Å². The third-order valence-corrected chi connectivity index (χ3v) is 2.25. The lowest BCUT2D eigenvalue weighted by Gasteiger charge is -2.05. The standard InChI is InChI=1S/C13H16O4/c1-3-4-8-17-13(15)11-7-5-6-10(9-11)12(14)16-2/h5-7,9H,3-4,8H2,1-2H3. The molecule has 1 aromatic carbocycles. The SMILES string of the molecule is CCCCOC(=O)c1cccc(C(=O)OC)c1. The van der Waals surface area contributed by atoms with E-state index in [1.807, 2.05) is 6.92 Å². The first-order chi connectivity index (χ1) is 8.19. The van der Waals surface area contributed by atoms with Gasteiger partial charge in [0.2, 0.25) is 0 Å². The zero-order valence-corrected chi connectivity index (χ0v) is 10.1. The molecule has 1 aromatic rings. The predicted molar refractivity (Wildman–Crippen MR) is 63.0 cm³/mol. The van der Waals surface area contributed by atoms with Crippen molar-refractivity contribution in [2.24, 2.45) is 0 Å². The Morgan fingerprint density at radius 2 is 1.82 bits per heavy atom. The van der Waals surface area contributed by atoms with E-state index in [-0.39, 0.29) is 0 Å². The maximum absolute atomic E-state index is 11.6. The van der Waals surface area contributed by atoms with Crippen molar-refractivity contribution in [1.82, 2.24) is 0 Å². The highest BCUT2D eigenvalue weighted by Crippen LogP contribution is 2.08. The molecule has 4 nitrogen and oxygen atoms in total. The van der Waals surface area contributed by atoms with Crippen LogP contribution in [0.15, 0.2) is 24.3 Å². The molecule has 0 saturated carbocycles. The van der Waals surface area contributed by atoms with Crippen LogP contribution < -0.4 is 0 Å². The number of hydrogen-bond donors (Lipinski definition) is 0. The van der Waals surface area contributed by atoms with Gasteiger partial charge in [0.05, 0.1) is 24.8 Å². The van der Waals surface area contributed by atoms with Crippen molar-refractivity contribution in [3.63, 3.8) is 0 Å². The lowest BCUT2D eigenvalue weighted by Crippen LogP contribution is -2.08. The minimum absolute atomic E-state index is 0.345. The molecule has 0 spiro atoms. The summed E-state index contributed by atoms with van der Waals surface area (Å²) in [7, 11) is 1.30. The van der Waals surface area contributed by atoms with E-state index in [0.29, 0.717) is 17.7 Å². The van der Waals surface area contributed by atoms with E-state index in [4.69, 9.17) is 4.74 Å². The van der Waals surface area contributed by atoms with Crippen LogP contribution in [0.4, 0.5) is 0 Å². The molecule has 0 aliphatic carbocycles. The predicted octanol–water partition coefficient (Wildman–Crippen LogP) is 2.43. The summed E-state index contributed by atoms with van der Waals surface area (Å²) in [5.74, 6) is -0.877. The Morgan fingerprint density at radius 1 is 1.18 bits per heavy atom. The second kappa shape index (κ2) is 6.68. The number of benzene rings is 1. The van der Waals surface area contributed by atoms with Gasteiger partial charge >= 0.3 is 11.9 Å². The molecule has 0 aromatic heterocycles. The number of methoxy groups -OCH3 is 1. The van der Waals surface area contributed by atoms with Gasteiger partial charge in [0.1, 0.15) is 0 Å². The average molecular weight is 236 g/mol. The Morgan fingerprint density at radius 3 is 2.41 bits per heavy atom. The molecule has 0 atom stereocenters. The van der Waals surface area contributed by atoms with Gasteiger partial charge in [-0.2, -0.15) is 0 Å². The van der Waals surface area contributed by atoms with Gasteiger partial charge in [-0.05, 0) is 24.6 Å². The quantitative estimate of drug-likeness (QED) is 0.582. The maximum atomic E-state index is 11.6. The summed E-state index contributed by atoms with van der Waals surface area (Å²) in [6.45, 7) is 2.42. The van der Waals surface area contributed by atoms with Crippen LogP contribution in [0.3, 0.4) is 0 Å². The Kier molecular flexibility index (Phi) is 5.20. The molecule has 0 saturated heterocycles. The molecule has 4 heteroatoms. The summed E-state index contributed by atoms with van der Waals surface area (Å²) in [5, 5.41) is 0. The van der Waals surface area contributed by atoms with Crippen LogP contribution in [0, 0.1) is 0 Å². The summed E-state index contributed by atoms with van der Waals surface area (Å²) in [6, 6.07) is 6.30. The largest absolute Gasteiger partial charge is 0.465 e. The molecule has 0 fully saturated rings. The molecule has 92 valence electrons. The molecule has 0 unspecified atom stereocenters. The van der Waals surface area contributed by atoms with Gasteiger partial charge in [-0.15, -0.1) is 0 Å². The fraction of sp³-hybridized carbons (Fsp3) is 0.385. The van der Waals surface area contributed by atoms with E-state index >= 15 is 0 Å². The summed E-state index contributed by atoms with van der Waals surface area (Å²) >= 11 is 0. The van der Waals surface area contributed by atoms with Crippen molar-refractivity contribution in [1.29, 1.82) is 0 Å². The Balaban J connectivity index is 2.70. The van der Waals surface area contributed by atoms with Crippen molar-refractivity contribution in [3.8, 4) is 0 Å². The third-order valence-electron chi connectivity index (χ3n) is 2.25. The van der Waals surface area contributed by atoms with Crippen LogP contribution in [0.1, 0.15) is 40.5 Å². The fourth-order valence-corrected chi connectivity index (χ4v) is 1.28. The van der Waals surface area contributed by atoms with Crippen LogP contribution in [-0.4, -0.2) is 25.7 Å². The second-order valence-corrected chi connectivity index (χ2v) is 3.56. The number of carbonyl (C=O) groups is 2. The third kappa shape index (κ3) is 3.90. The highest BCUT2D eigenvalue weighted by Gasteiger charge is 2.11. The number of hydrogen-bond acceptors (Lipinski definition) is 4. The van der Waals surface area contributed by atoms with Crippen LogP contribution in [-0.2, 0) is 9.47 Å². The number of ether oxygens (including phenoxy) is 2. The first kappa shape index (κ1) is 13.2. The van der Waals surface area contributed by atoms with Gasteiger partial charge in [0, 0.05) is 0 Å². The molecule has 0 amide bonds. The fourth-order valence-electron chi connectivity index (χ4n) is 1.28. The molecule has 0 aliphatic heterocycles. The second-order valence-electron chi connectivity index (χ2n) is 3.56. The molecular weight excluding hydrogens is 220 g/mol. The molecule has 0 heterocycles. The van der Waals surface area contributed by atoms with E-state index in [2.05, 4.69) is 4.74 Å².